The van der Waals surface area contributed by atoms with E-state index in [0.717, 1.165) is 25.0 Å². The predicted octanol–water partition coefficient (Wildman–Crippen LogP) is 1.59. The Morgan fingerprint density at radius 1 is 1.41 bits per heavy atom. The lowest BCUT2D eigenvalue weighted by Crippen LogP contribution is -2.36. The summed E-state index contributed by atoms with van der Waals surface area (Å²) in [4.78, 5) is 12.4. The highest BCUT2D eigenvalue weighted by Gasteiger charge is 2.32. The Morgan fingerprint density at radius 2 is 2.32 bits per heavy atom. The van der Waals surface area contributed by atoms with Gasteiger partial charge in [0.2, 0.25) is 0 Å². The van der Waals surface area contributed by atoms with E-state index in [1.165, 1.54) is 6.42 Å². The minimum atomic E-state index is -0.159. The molecule has 3 heterocycles. The van der Waals surface area contributed by atoms with Crippen LogP contribution >= 0.6 is 0 Å². The summed E-state index contributed by atoms with van der Waals surface area (Å²) in [7, 11) is 0. The molecule has 1 aliphatic carbocycles. The number of rotatable bonds is 4. The SMILES string of the molecule is O=C(N[C@@H]1CCO[C@H]1c1ccn[nH]1)c1cnn(C2CCC2)c1. The normalized spacial score (nSPS) is 25.1. The first-order valence-corrected chi connectivity index (χ1v) is 7.77. The Labute approximate surface area is 128 Å². The molecular weight excluding hydrogens is 282 g/mol. The van der Waals surface area contributed by atoms with Crippen molar-refractivity contribution in [3.63, 3.8) is 0 Å². The third-order valence-electron chi connectivity index (χ3n) is 4.55. The van der Waals surface area contributed by atoms with E-state index < -0.39 is 0 Å². The largest absolute Gasteiger partial charge is 0.370 e. The lowest BCUT2D eigenvalue weighted by Gasteiger charge is -2.25. The van der Waals surface area contributed by atoms with E-state index in [2.05, 4.69) is 20.6 Å². The third-order valence-corrected chi connectivity index (χ3v) is 4.55. The van der Waals surface area contributed by atoms with E-state index in [1.54, 1.807) is 12.4 Å². The molecule has 2 fully saturated rings. The minimum absolute atomic E-state index is 0.0417. The molecule has 0 unspecified atom stereocenters. The van der Waals surface area contributed by atoms with Crippen LogP contribution < -0.4 is 5.32 Å². The smallest absolute Gasteiger partial charge is 0.254 e. The van der Waals surface area contributed by atoms with Crippen molar-refractivity contribution in [1.29, 1.82) is 0 Å². The molecule has 116 valence electrons. The molecule has 0 bridgehead atoms. The van der Waals surface area contributed by atoms with Crippen molar-refractivity contribution in [2.45, 2.75) is 43.9 Å². The maximum absolute atomic E-state index is 12.4. The number of amides is 1. The van der Waals surface area contributed by atoms with E-state index in [0.29, 0.717) is 18.2 Å². The highest BCUT2D eigenvalue weighted by molar-refractivity contribution is 5.93. The van der Waals surface area contributed by atoms with Crippen molar-refractivity contribution >= 4 is 5.91 Å². The van der Waals surface area contributed by atoms with Gasteiger partial charge in [0, 0.05) is 19.0 Å². The first-order chi connectivity index (χ1) is 10.8. The van der Waals surface area contributed by atoms with E-state index in [1.807, 2.05) is 16.9 Å². The lowest BCUT2D eigenvalue weighted by molar-refractivity contribution is 0.0807. The lowest BCUT2D eigenvalue weighted by atomic mass is 9.93. The summed E-state index contributed by atoms with van der Waals surface area (Å²) in [5, 5.41) is 14.2. The zero-order valence-electron chi connectivity index (χ0n) is 12.2. The molecule has 2 aliphatic rings. The minimum Gasteiger partial charge on any atom is -0.370 e. The monoisotopic (exact) mass is 301 g/mol. The summed E-state index contributed by atoms with van der Waals surface area (Å²) in [5.74, 6) is -0.0920. The zero-order chi connectivity index (χ0) is 14.9. The van der Waals surface area contributed by atoms with Crippen LogP contribution in [0, 0.1) is 0 Å². The average Bonchev–Trinajstić information content (AvgIpc) is 3.17. The Bertz CT molecular complexity index is 647. The first-order valence-electron chi connectivity index (χ1n) is 7.77. The van der Waals surface area contributed by atoms with Crippen molar-refractivity contribution in [3.05, 3.63) is 35.9 Å². The Hall–Kier alpha value is -2.15. The highest BCUT2D eigenvalue weighted by atomic mass is 16.5. The number of aromatic nitrogens is 4. The summed E-state index contributed by atoms with van der Waals surface area (Å²) in [5.41, 5.74) is 1.51. The number of aromatic amines is 1. The number of nitrogens with one attached hydrogen (secondary N) is 2. The van der Waals surface area contributed by atoms with Crippen LogP contribution in [0.3, 0.4) is 0 Å². The molecule has 0 aromatic carbocycles. The molecule has 22 heavy (non-hydrogen) atoms. The van der Waals surface area contributed by atoms with Crippen molar-refractivity contribution in [3.8, 4) is 0 Å². The van der Waals surface area contributed by atoms with E-state index >= 15 is 0 Å². The summed E-state index contributed by atoms with van der Waals surface area (Å²) in [6.45, 7) is 0.635. The number of carbonyl (C=O) groups is 1. The fourth-order valence-electron chi connectivity index (χ4n) is 3.03. The molecule has 7 heteroatoms. The van der Waals surface area contributed by atoms with Gasteiger partial charge in [-0.1, -0.05) is 0 Å². The van der Waals surface area contributed by atoms with Gasteiger partial charge in [-0.05, 0) is 31.7 Å². The fourth-order valence-corrected chi connectivity index (χ4v) is 3.03. The second kappa shape index (κ2) is 5.57. The fraction of sp³-hybridized carbons (Fsp3) is 0.533. The maximum atomic E-state index is 12.4. The van der Waals surface area contributed by atoms with Gasteiger partial charge in [-0.3, -0.25) is 14.6 Å². The number of H-pyrrole nitrogens is 1. The van der Waals surface area contributed by atoms with Crippen LogP contribution in [0.15, 0.2) is 24.7 Å². The molecule has 2 atom stereocenters. The van der Waals surface area contributed by atoms with Crippen molar-refractivity contribution < 1.29 is 9.53 Å². The molecular formula is C15H19N5O2. The first kappa shape index (κ1) is 13.5. The molecule has 0 spiro atoms. The van der Waals surface area contributed by atoms with E-state index in [9.17, 15) is 4.79 Å². The third kappa shape index (κ3) is 2.41. The van der Waals surface area contributed by atoms with Crippen LogP contribution in [0.1, 0.15) is 53.9 Å². The van der Waals surface area contributed by atoms with Crippen molar-refractivity contribution in [2.75, 3.05) is 6.61 Å². The van der Waals surface area contributed by atoms with Crippen LogP contribution in [0.2, 0.25) is 0 Å². The molecule has 1 saturated carbocycles. The van der Waals surface area contributed by atoms with Gasteiger partial charge in [0.1, 0.15) is 6.10 Å². The molecule has 0 radical (unpaired) electrons. The number of hydrogen-bond acceptors (Lipinski definition) is 4. The summed E-state index contributed by atoms with van der Waals surface area (Å²) in [6, 6.07) is 2.30. The van der Waals surface area contributed by atoms with E-state index in [4.69, 9.17) is 4.74 Å². The number of hydrogen-bond donors (Lipinski definition) is 2. The molecule has 1 aliphatic heterocycles. The predicted molar refractivity (Wildman–Crippen MR) is 78.3 cm³/mol. The van der Waals surface area contributed by atoms with Gasteiger partial charge in [0.05, 0.1) is 29.5 Å². The molecule has 1 amide bonds. The Morgan fingerprint density at radius 3 is 3.05 bits per heavy atom. The zero-order valence-corrected chi connectivity index (χ0v) is 12.2. The molecule has 4 rings (SSSR count). The van der Waals surface area contributed by atoms with Gasteiger partial charge >= 0.3 is 0 Å². The molecule has 2 N–H and O–H groups in total. The highest BCUT2D eigenvalue weighted by Crippen LogP contribution is 2.31. The van der Waals surface area contributed by atoms with Crippen LogP contribution in [0.5, 0.6) is 0 Å². The van der Waals surface area contributed by atoms with Gasteiger partial charge in [-0.25, -0.2) is 0 Å². The maximum Gasteiger partial charge on any atom is 0.254 e. The van der Waals surface area contributed by atoms with Crippen LogP contribution in [-0.2, 0) is 4.74 Å². The van der Waals surface area contributed by atoms with Crippen LogP contribution in [0.25, 0.3) is 0 Å². The second-order valence-electron chi connectivity index (χ2n) is 5.97. The second-order valence-corrected chi connectivity index (χ2v) is 5.97. The number of carbonyl (C=O) groups excluding carboxylic acids is 1. The van der Waals surface area contributed by atoms with Gasteiger partial charge < -0.3 is 10.1 Å². The summed E-state index contributed by atoms with van der Waals surface area (Å²) >= 11 is 0. The van der Waals surface area contributed by atoms with Crippen LogP contribution in [-0.4, -0.2) is 38.5 Å². The van der Waals surface area contributed by atoms with Gasteiger partial charge in [-0.2, -0.15) is 10.2 Å². The number of nitrogens with zero attached hydrogens (tertiary/aromatic N) is 3. The molecule has 7 nitrogen and oxygen atoms in total. The average molecular weight is 301 g/mol. The van der Waals surface area contributed by atoms with Crippen molar-refractivity contribution in [2.24, 2.45) is 0 Å². The van der Waals surface area contributed by atoms with E-state index in [-0.39, 0.29) is 18.1 Å². The summed E-state index contributed by atoms with van der Waals surface area (Å²) in [6.07, 6.45) is 9.38. The quantitative estimate of drug-likeness (QED) is 0.898. The van der Waals surface area contributed by atoms with Crippen molar-refractivity contribution in [1.82, 2.24) is 25.3 Å². The molecule has 2 aromatic rings. The topological polar surface area (TPSA) is 84.8 Å². The summed E-state index contributed by atoms with van der Waals surface area (Å²) < 4.78 is 7.62. The van der Waals surface area contributed by atoms with Gasteiger partial charge in [0.25, 0.3) is 5.91 Å². The Kier molecular flexibility index (Phi) is 3.42. The van der Waals surface area contributed by atoms with Gasteiger partial charge in [-0.15, -0.1) is 0 Å². The Balaban J connectivity index is 1.43. The van der Waals surface area contributed by atoms with Crippen LogP contribution in [0.4, 0.5) is 0 Å². The number of ether oxygens (including phenoxy) is 1. The standard InChI is InChI=1S/C15H19N5O2/c21-15(10-8-17-20(9-10)11-2-1-3-11)18-12-5-7-22-14(12)13-4-6-16-19-13/h4,6,8-9,11-12,14H,1-3,5,7H2,(H,16,19)(H,18,21)/t12-,14-/m1/s1. The molecule has 1 saturated heterocycles. The van der Waals surface area contributed by atoms with Gasteiger partial charge in [0.15, 0.2) is 0 Å². The molecule has 2 aromatic heterocycles.